The lowest BCUT2D eigenvalue weighted by molar-refractivity contribution is -0.135. The molecular formula is C27H28ClNO5. The Morgan fingerprint density at radius 2 is 1.79 bits per heavy atom. The van der Waals surface area contributed by atoms with Crippen LogP contribution < -0.4 is 9.47 Å². The second kappa shape index (κ2) is 9.34. The van der Waals surface area contributed by atoms with Gasteiger partial charge in [-0.2, -0.15) is 0 Å². The molecule has 0 bridgehead atoms. The number of Topliss-reactive ketones (excluding diaryl/α,β-unsaturated/α-hetero) is 1. The lowest BCUT2D eigenvalue weighted by atomic mass is 9.77. The summed E-state index contributed by atoms with van der Waals surface area (Å²) < 4.78 is 17.1. The number of carbonyl (C=O) groups is 2. The second-order valence-corrected chi connectivity index (χ2v) is 9.65. The normalized spacial score (nSPS) is 26.1. The zero-order chi connectivity index (χ0) is 23.8. The van der Waals surface area contributed by atoms with Gasteiger partial charge < -0.3 is 19.1 Å². The standard InChI is InChI=1S/C27H28ClNO5/c1-32-21-10-8-17(14-22(21)33-2)24-23-25(30)19-15-18(28)9-11-20(19)34-26(23)27(31)29(24)13-12-16-6-4-3-5-7-16/h3-8,10,14,18-20,24H,9,11-13,15H2,1-2H3. The highest BCUT2D eigenvalue weighted by atomic mass is 35.5. The van der Waals surface area contributed by atoms with Gasteiger partial charge in [-0.3, -0.25) is 9.59 Å². The topological polar surface area (TPSA) is 65.1 Å². The average molecular weight is 482 g/mol. The SMILES string of the molecule is COc1ccc(C2C3=C(OC4CCC(Cl)CC4C3=O)C(=O)N2CCc2ccccc2)cc1OC. The van der Waals surface area contributed by atoms with Crippen LogP contribution in [0, 0.1) is 5.92 Å². The average Bonchev–Trinajstić information content (AvgIpc) is 3.15. The minimum Gasteiger partial charge on any atom is -0.493 e. The minimum absolute atomic E-state index is 0.0213. The second-order valence-electron chi connectivity index (χ2n) is 9.03. The third kappa shape index (κ3) is 3.94. The molecule has 6 nitrogen and oxygen atoms in total. The highest BCUT2D eigenvalue weighted by molar-refractivity contribution is 6.21. The molecule has 4 atom stereocenters. The number of benzene rings is 2. The summed E-state index contributed by atoms with van der Waals surface area (Å²) >= 11 is 6.41. The lowest BCUT2D eigenvalue weighted by Gasteiger charge is -2.37. The van der Waals surface area contributed by atoms with Crippen LogP contribution in [-0.4, -0.2) is 48.8 Å². The number of nitrogens with zero attached hydrogens (tertiary/aromatic N) is 1. The van der Waals surface area contributed by atoms with Crippen molar-refractivity contribution in [2.45, 2.75) is 43.2 Å². The van der Waals surface area contributed by atoms with E-state index in [0.29, 0.717) is 42.9 Å². The van der Waals surface area contributed by atoms with E-state index in [2.05, 4.69) is 0 Å². The van der Waals surface area contributed by atoms with E-state index in [9.17, 15) is 9.59 Å². The summed E-state index contributed by atoms with van der Waals surface area (Å²) in [4.78, 5) is 29.2. The quantitative estimate of drug-likeness (QED) is 0.570. The molecule has 2 aromatic rings. The predicted molar refractivity (Wildman–Crippen MR) is 128 cm³/mol. The van der Waals surface area contributed by atoms with Crippen LogP contribution in [0.3, 0.4) is 0 Å². The van der Waals surface area contributed by atoms with Gasteiger partial charge >= 0.3 is 0 Å². The van der Waals surface area contributed by atoms with Crippen LogP contribution >= 0.6 is 11.6 Å². The van der Waals surface area contributed by atoms with E-state index in [-0.39, 0.29) is 34.8 Å². The molecule has 1 aliphatic carbocycles. The number of carbonyl (C=O) groups excluding carboxylic acids is 2. The number of ether oxygens (including phenoxy) is 3. The number of ketones is 1. The molecule has 3 aliphatic rings. The maximum Gasteiger partial charge on any atom is 0.290 e. The molecular weight excluding hydrogens is 454 g/mol. The van der Waals surface area contributed by atoms with Gasteiger partial charge in [0, 0.05) is 11.9 Å². The van der Waals surface area contributed by atoms with Gasteiger partial charge in [-0.05, 0) is 48.9 Å². The van der Waals surface area contributed by atoms with Crippen molar-refractivity contribution >= 4 is 23.3 Å². The third-order valence-corrected chi connectivity index (χ3v) is 7.48. The van der Waals surface area contributed by atoms with Crippen LogP contribution in [0.15, 0.2) is 59.9 Å². The Kier molecular flexibility index (Phi) is 6.26. The first-order chi connectivity index (χ1) is 16.5. The molecule has 1 fully saturated rings. The number of methoxy groups -OCH3 is 2. The van der Waals surface area contributed by atoms with Crippen LogP contribution in [0.2, 0.25) is 0 Å². The van der Waals surface area contributed by atoms with E-state index in [0.717, 1.165) is 17.5 Å². The maximum atomic E-state index is 13.8. The van der Waals surface area contributed by atoms with E-state index in [1.807, 2.05) is 42.5 Å². The van der Waals surface area contributed by atoms with Crippen LogP contribution in [-0.2, 0) is 20.7 Å². The Morgan fingerprint density at radius 3 is 2.53 bits per heavy atom. The van der Waals surface area contributed by atoms with E-state index in [1.54, 1.807) is 25.2 Å². The molecule has 0 saturated heterocycles. The van der Waals surface area contributed by atoms with E-state index in [1.165, 1.54) is 0 Å². The zero-order valence-corrected chi connectivity index (χ0v) is 20.1. The monoisotopic (exact) mass is 481 g/mol. The summed E-state index contributed by atoms with van der Waals surface area (Å²) in [5.74, 6) is 0.762. The molecule has 178 valence electrons. The summed E-state index contributed by atoms with van der Waals surface area (Å²) in [7, 11) is 3.15. The summed E-state index contributed by atoms with van der Waals surface area (Å²) in [5.41, 5.74) is 2.35. The van der Waals surface area contributed by atoms with Crippen molar-refractivity contribution in [2.24, 2.45) is 5.92 Å². The molecule has 34 heavy (non-hydrogen) atoms. The fraction of sp³-hybridized carbons (Fsp3) is 0.407. The molecule has 2 heterocycles. The van der Waals surface area contributed by atoms with Crippen molar-refractivity contribution in [2.75, 3.05) is 20.8 Å². The van der Waals surface area contributed by atoms with Crippen molar-refractivity contribution in [3.63, 3.8) is 0 Å². The molecule has 1 saturated carbocycles. The van der Waals surface area contributed by atoms with Crippen LogP contribution in [0.1, 0.15) is 36.4 Å². The van der Waals surface area contributed by atoms with Crippen molar-refractivity contribution in [3.05, 3.63) is 71.0 Å². The van der Waals surface area contributed by atoms with Gasteiger partial charge in [-0.15, -0.1) is 11.6 Å². The number of fused-ring (bicyclic) bond motifs is 1. The molecule has 0 N–H and O–H groups in total. The van der Waals surface area contributed by atoms with Gasteiger partial charge in [0.25, 0.3) is 5.91 Å². The van der Waals surface area contributed by atoms with Crippen LogP contribution in [0.4, 0.5) is 0 Å². The molecule has 2 aromatic carbocycles. The Bertz CT molecular complexity index is 1130. The van der Waals surface area contributed by atoms with Gasteiger partial charge in [0.05, 0.1) is 31.8 Å². The number of alkyl halides is 1. The first kappa shape index (κ1) is 22.8. The molecule has 0 aromatic heterocycles. The van der Waals surface area contributed by atoms with Gasteiger partial charge in [-0.25, -0.2) is 0 Å². The number of rotatable bonds is 6. The van der Waals surface area contributed by atoms with Crippen molar-refractivity contribution < 1.29 is 23.8 Å². The largest absolute Gasteiger partial charge is 0.493 e. The van der Waals surface area contributed by atoms with Crippen molar-refractivity contribution in [1.82, 2.24) is 4.90 Å². The zero-order valence-electron chi connectivity index (χ0n) is 19.3. The van der Waals surface area contributed by atoms with E-state index < -0.39 is 6.04 Å². The molecule has 4 unspecified atom stereocenters. The van der Waals surface area contributed by atoms with E-state index in [4.69, 9.17) is 25.8 Å². The third-order valence-electron chi connectivity index (χ3n) is 7.09. The molecule has 0 spiro atoms. The highest BCUT2D eigenvalue weighted by Crippen LogP contribution is 2.48. The first-order valence-corrected chi connectivity index (χ1v) is 12.1. The number of amides is 1. The molecule has 0 radical (unpaired) electrons. The van der Waals surface area contributed by atoms with E-state index >= 15 is 0 Å². The lowest BCUT2D eigenvalue weighted by Crippen LogP contribution is -2.41. The van der Waals surface area contributed by atoms with Gasteiger partial charge in [0.2, 0.25) is 0 Å². The number of halogens is 1. The first-order valence-electron chi connectivity index (χ1n) is 11.7. The molecule has 5 rings (SSSR count). The summed E-state index contributed by atoms with van der Waals surface area (Å²) in [5, 5.41) is -0.0539. The minimum atomic E-state index is -0.546. The Hall–Kier alpha value is -2.99. The number of hydrogen-bond acceptors (Lipinski definition) is 5. The van der Waals surface area contributed by atoms with Crippen LogP contribution in [0.5, 0.6) is 11.5 Å². The Labute approximate surface area is 204 Å². The van der Waals surface area contributed by atoms with Gasteiger partial charge in [0.1, 0.15) is 6.10 Å². The highest BCUT2D eigenvalue weighted by Gasteiger charge is 2.52. The smallest absolute Gasteiger partial charge is 0.290 e. The summed E-state index contributed by atoms with van der Waals surface area (Å²) in [6.45, 7) is 0.457. The maximum absolute atomic E-state index is 13.8. The molecule has 7 heteroatoms. The summed E-state index contributed by atoms with van der Waals surface area (Å²) in [6.07, 6.45) is 2.41. The Morgan fingerprint density at radius 1 is 1.03 bits per heavy atom. The fourth-order valence-corrected chi connectivity index (χ4v) is 5.68. The van der Waals surface area contributed by atoms with Gasteiger partial charge in [0.15, 0.2) is 23.0 Å². The predicted octanol–water partition coefficient (Wildman–Crippen LogP) is 4.46. The van der Waals surface area contributed by atoms with Crippen molar-refractivity contribution in [1.29, 1.82) is 0 Å². The Balaban J connectivity index is 1.55. The van der Waals surface area contributed by atoms with Crippen LogP contribution in [0.25, 0.3) is 0 Å². The molecule has 1 amide bonds. The summed E-state index contributed by atoms with van der Waals surface area (Å²) in [6, 6.07) is 15.0. The van der Waals surface area contributed by atoms with Gasteiger partial charge in [-0.1, -0.05) is 36.4 Å². The molecule has 2 aliphatic heterocycles. The van der Waals surface area contributed by atoms with Crippen molar-refractivity contribution in [3.8, 4) is 11.5 Å². The fourth-order valence-electron chi connectivity index (χ4n) is 5.36. The number of hydrogen-bond donors (Lipinski definition) is 0.